The number of amides is 1. The molecule has 1 atom stereocenters. The minimum atomic E-state index is -0.423. The molecule has 1 aromatic carbocycles. The van der Waals surface area contributed by atoms with Crippen molar-refractivity contribution in [1.29, 1.82) is 0 Å². The Bertz CT molecular complexity index is 771. The second-order valence-electron chi connectivity index (χ2n) is 7.69. The van der Waals surface area contributed by atoms with Gasteiger partial charge in [0.25, 0.3) is 0 Å². The first-order chi connectivity index (χ1) is 11.7. The summed E-state index contributed by atoms with van der Waals surface area (Å²) in [4.78, 5) is 27.7. The minimum absolute atomic E-state index is 0.0318. The van der Waals surface area contributed by atoms with Gasteiger partial charge in [0.1, 0.15) is 6.54 Å². The van der Waals surface area contributed by atoms with E-state index in [-0.39, 0.29) is 29.8 Å². The Morgan fingerprint density at radius 1 is 1.20 bits per heavy atom. The third-order valence-corrected chi connectivity index (χ3v) is 4.22. The molecule has 0 unspecified atom stereocenters. The van der Waals surface area contributed by atoms with Crippen molar-refractivity contribution in [2.24, 2.45) is 5.92 Å². The summed E-state index contributed by atoms with van der Waals surface area (Å²) in [6.07, 6.45) is 2.99. The van der Waals surface area contributed by atoms with Crippen LogP contribution in [0.1, 0.15) is 51.8 Å². The summed E-state index contributed by atoms with van der Waals surface area (Å²) in [7, 11) is 0. The smallest absolute Gasteiger partial charge is 0.347 e. The van der Waals surface area contributed by atoms with Crippen LogP contribution in [-0.4, -0.2) is 15.5 Å². The van der Waals surface area contributed by atoms with E-state index in [1.165, 1.54) is 16.3 Å². The van der Waals surface area contributed by atoms with Gasteiger partial charge in [0.2, 0.25) is 5.91 Å². The molecular weight excluding hydrogens is 314 g/mol. The number of nitrogens with one attached hydrogen (secondary N) is 1. The lowest BCUT2D eigenvalue weighted by atomic mass is 9.85. The zero-order valence-electron chi connectivity index (χ0n) is 15.6. The quantitative estimate of drug-likeness (QED) is 0.909. The molecule has 1 aromatic heterocycles. The average Bonchev–Trinajstić information content (AvgIpc) is 2.54. The summed E-state index contributed by atoms with van der Waals surface area (Å²) in [5, 5.41) is 3.04. The molecule has 0 spiro atoms. The second-order valence-corrected chi connectivity index (χ2v) is 7.69. The molecule has 0 saturated heterocycles. The van der Waals surface area contributed by atoms with E-state index in [9.17, 15) is 9.59 Å². The van der Waals surface area contributed by atoms with Crippen molar-refractivity contribution in [3.8, 4) is 0 Å². The summed E-state index contributed by atoms with van der Waals surface area (Å²) in [5.74, 6) is 0.0313. The molecule has 5 nitrogen and oxygen atoms in total. The molecule has 0 aliphatic rings. The van der Waals surface area contributed by atoms with E-state index in [4.69, 9.17) is 0 Å². The first-order valence-corrected chi connectivity index (χ1v) is 8.60. The first-order valence-electron chi connectivity index (χ1n) is 8.60. The van der Waals surface area contributed by atoms with Gasteiger partial charge in [-0.15, -0.1) is 0 Å². The van der Waals surface area contributed by atoms with Gasteiger partial charge in [-0.3, -0.25) is 9.36 Å². The number of aromatic nitrogens is 2. The molecule has 0 saturated carbocycles. The number of hydrogen-bond acceptors (Lipinski definition) is 3. The topological polar surface area (TPSA) is 64.0 Å². The number of carbonyl (C=O) groups excluding carboxylic acids is 1. The van der Waals surface area contributed by atoms with Crippen LogP contribution in [0.4, 0.5) is 0 Å². The number of rotatable bonds is 5. The number of nitrogens with zero attached hydrogens (tertiary/aromatic N) is 2. The van der Waals surface area contributed by atoms with Crippen LogP contribution in [0.3, 0.4) is 0 Å². The summed E-state index contributed by atoms with van der Waals surface area (Å²) in [6.45, 7) is 10.6. The molecule has 1 heterocycles. The molecule has 25 heavy (non-hydrogen) atoms. The normalized spacial score (nSPS) is 12.9. The minimum Gasteiger partial charge on any atom is -0.347 e. The molecule has 2 aromatic rings. The van der Waals surface area contributed by atoms with Crippen LogP contribution in [0, 0.1) is 5.92 Å². The van der Waals surface area contributed by atoms with Gasteiger partial charge in [-0.1, -0.05) is 58.9 Å². The predicted octanol–water partition coefficient (Wildman–Crippen LogP) is 3.05. The van der Waals surface area contributed by atoms with Crippen molar-refractivity contribution in [2.75, 3.05) is 0 Å². The summed E-state index contributed by atoms with van der Waals surface area (Å²) in [5.41, 5.74) is 1.99. The lowest BCUT2D eigenvalue weighted by molar-refractivity contribution is -0.122. The monoisotopic (exact) mass is 341 g/mol. The fraction of sp³-hybridized carbons (Fsp3) is 0.450. The fourth-order valence-corrected chi connectivity index (χ4v) is 2.71. The molecule has 0 bridgehead atoms. The maximum atomic E-state index is 12.4. The van der Waals surface area contributed by atoms with Crippen LogP contribution in [0.2, 0.25) is 0 Å². The Labute approximate surface area is 149 Å². The van der Waals surface area contributed by atoms with Crippen LogP contribution in [0.25, 0.3) is 0 Å². The van der Waals surface area contributed by atoms with E-state index in [1.54, 1.807) is 12.3 Å². The summed E-state index contributed by atoms with van der Waals surface area (Å²) in [6, 6.07) is 9.91. The fourth-order valence-electron chi connectivity index (χ4n) is 2.71. The Morgan fingerprint density at radius 2 is 1.84 bits per heavy atom. The van der Waals surface area contributed by atoms with Crippen LogP contribution in [0.15, 0.2) is 47.5 Å². The van der Waals surface area contributed by atoms with Gasteiger partial charge in [0.05, 0.1) is 6.04 Å². The van der Waals surface area contributed by atoms with E-state index >= 15 is 0 Å². The average molecular weight is 341 g/mol. The standard InChI is InChI=1S/C20H27N3O2/c1-14(2)18(15-7-9-16(10-8-15)20(3,4)5)22-17(24)13-23-12-6-11-21-19(23)25/h6-12,14,18H,13H2,1-5H3,(H,22,24)/t18-/m0/s1. The highest BCUT2D eigenvalue weighted by atomic mass is 16.2. The summed E-state index contributed by atoms with van der Waals surface area (Å²) >= 11 is 0. The Kier molecular flexibility index (Phi) is 5.77. The van der Waals surface area contributed by atoms with Gasteiger partial charge in [-0.25, -0.2) is 9.78 Å². The molecule has 0 aliphatic heterocycles. The van der Waals surface area contributed by atoms with Crippen LogP contribution in [0.5, 0.6) is 0 Å². The first kappa shape index (κ1) is 18.9. The third kappa shape index (κ3) is 5.02. The van der Waals surface area contributed by atoms with E-state index in [1.807, 2.05) is 0 Å². The molecule has 2 rings (SSSR count). The Morgan fingerprint density at radius 3 is 2.36 bits per heavy atom. The Hall–Kier alpha value is -2.43. The molecule has 0 aliphatic carbocycles. The highest BCUT2D eigenvalue weighted by molar-refractivity contribution is 5.76. The summed E-state index contributed by atoms with van der Waals surface area (Å²) < 4.78 is 1.30. The predicted molar refractivity (Wildman–Crippen MR) is 99.4 cm³/mol. The van der Waals surface area contributed by atoms with Crippen LogP contribution >= 0.6 is 0 Å². The van der Waals surface area contributed by atoms with Crippen molar-refractivity contribution in [1.82, 2.24) is 14.9 Å². The molecule has 0 fully saturated rings. The van der Waals surface area contributed by atoms with E-state index in [2.05, 4.69) is 69.2 Å². The Balaban J connectivity index is 2.14. The van der Waals surface area contributed by atoms with Gasteiger partial charge in [-0.2, -0.15) is 0 Å². The SMILES string of the molecule is CC(C)[C@H](NC(=O)Cn1cccnc1=O)c1ccc(C(C)(C)C)cc1. The highest BCUT2D eigenvalue weighted by Crippen LogP contribution is 2.26. The van der Waals surface area contributed by atoms with Crippen LogP contribution < -0.4 is 11.0 Å². The molecule has 5 heteroatoms. The second kappa shape index (κ2) is 7.64. The lowest BCUT2D eigenvalue weighted by Gasteiger charge is -2.25. The van der Waals surface area contributed by atoms with Crippen molar-refractivity contribution in [2.45, 2.75) is 52.6 Å². The van der Waals surface area contributed by atoms with Gasteiger partial charge in [0, 0.05) is 12.4 Å². The molecule has 1 amide bonds. The van der Waals surface area contributed by atoms with Gasteiger partial charge >= 0.3 is 5.69 Å². The number of benzene rings is 1. The molecular formula is C20H27N3O2. The third-order valence-electron chi connectivity index (χ3n) is 4.22. The van der Waals surface area contributed by atoms with Gasteiger partial charge < -0.3 is 5.32 Å². The van der Waals surface area contributed by atoms with Crippen molar-refractivity contribution < 1.29 is 4.79 Å². The highest BCUT2D eigenvalue weighted by Gasteiger charge is 2.20. The zero-order valence-corrected chi connectivity index (χ0v) is 15.6. The zero-order chi connectivity index (χ0) is 18.6. The van der Waals surface area contributed by atoms with Gasteiger partial charge in [-0.05, 0) is 28.5 Å². The molecule has 134 valence electrons. The number of hydrogen-bond donors (Lipinski definition) is 1. The van der Waals surface area contributed by atoms with Crippen molar-refractivity contribution in [3.05, 3.63) is 64.3 Å². The van der Waals surface area contributed by atoms with E-state index in [0.717, 1.165) is 5.56 Å². The van der Waals surface area contributed by atoms with Crippen molar-refractivity contribution >= 4 is 5.91 Å². The maximum absolute atomic E-state index is 12.4. The molecule has 0 radical (unpaired) electrons. The van der Waals surface area contributed by atoms with Crippen LogP contribution in [-0.2, 0) is 16.8 Å². The van der Waals surface area contributed by atoms with E-state index in [0.29, 0.717) is 0 Å². The van der Waals surface area contributed by atoms with Gasteiger partial charge in [0.15, 0.2) is 0 Å². The maximum Gasteiger partial charge on any atom is 0.347 e. The largest absolute Gasteiger partial charge is 0.347 e. The van der Waals surface area contributed by atoms with E-state index < -0.39 is 5.69 Å². The van der Waals surface area contributed by atoms with Crippen molar-refractivity contribution in [3.63, 3.8) is 0 Å². The molecule has 1 N–H and O–H groups in total. The lowest BCUT2D eigenvalue weighted by Crippen LogP contribution is -2.36. The number of carbonyl (C=O) groups is 1.